The zero-order valence-corrected chi connectivity index (χ0v) is 11.9. The number of para-hydroxylation sites is 1. The number of rotatable bonds is 5. The van der Waals surface area contributed by atoms with Gasteiger partial charge in [0.2, 0.25) is 0 Å². The van der Waals surface area contributed by atoms with Crippen LogP contribution in [0.15, 0.2) is 30.3 Å². The van der Waals surface area contributed by atoms with E-state index in [1.54, 1.807) is 12.1 Å². The van der Waals surface area contributed by atoms with Crippen molar-refractivity contribution < 1.29 is 14.3 Å². The number of hydrogen-bond donors (Lipinski definition) is 2. The molecule has 5 nitrogen and oxygen atoms in total. The van der Waals surface area contributed by atoms with E-state index in [0.717, 1.165) is 19.4 Å². The van der Waals surface area contributed by atoms with E-state index in [9.17, 15) is 4.79 Å². The molecule has 2 N–H and O–H groups in total. The first-order chi connectivity index (χ1) is 9.74. The molecular weight excluding hydrogens is 276 g/mol. The summed E-state index contributed by atoms with van der Waals surface area (Å²) >= 11 is 5.04. The van der Waals surface area contributed by atoms with Gasteiger partial charge in [-0.25, -0.2) is 0 Å². The third-order valence-corrected chi connectivity index (χ3v) is 3.13. The minimum absolute atomic E-state index is 0.0637. The fourth-order valence-electron chi connectivity index (χ4n) is 1.88. The van der Waals surface area contributed by atoms with Gasteiger partial charge in [0.1, 0.15) is 5.75 Å². The Morgan fingerprint density at radius 1 is 1.40 bits per heavy atom. The minimum atomic E-state index is -0.279. The van der Waals surface area contributed by atoms with Crippen LogP contribution in [-0.2, 0) is 9.53 Å². The lowest BCUT2D eigenvalue weighted by Gasteiger charge is -2.13. The monoisotopic (exact) mass is 294 g/mol. The molecule has 0 bridgehead atoms. The predicted molar refractivity (Wildman–Crippen MR) is 79.7 cm³/mol. The minimum Gasteiger partial charge on any atom is -0.484 e. The Kier molecular flexibility index (Phi) is 5.76. The Balaban J connectivity index is 1.62. The normalized spacial score (nSPS) is 17.5. The van der Waals surface area contributed by atoms with E-state index >= 15 is 0 Å². The van der Waals surface area contributed by atoms with Crippen LogP contribution in [0.1, 0.15) is 12.8 Å². The van der Waals surface area contributed by atoms with Gasteiger partial charge < -0.3 is 20.1 Å². The quantitative estimate of drug-likeness (QED) is 0.800. The topological polar surface area (TPSA) is 59.6 Å². The number of nitrogens with one attached hydrogen (secondary N) is 2. The maximum absolute atomic E-state index is 11.6. The van der Waals surface area contributed by atoms with Gasteiger partial charge in [-0.2, -0.15) is 0 Å². The molecule has 0 spiro atoms. The molecule has 1 saturated heterocycles. The van der Waals surface area contributed by atoms with Gasteiger partial charge in [-0.05, 0) is 37.2 Å². The number of carbonyl (C=O) groups excluding carboxylic acids is 1. The van der Waals surface area contributed by atoms with Crippen LogP contribution in [0.4, 0.5) is 0 Å². The third kappa shape index (κ3) is 5.14. The lowest BCUT2D eigenvalue weighted by Crippen LogP contribution is -2.43. The van der Waals surface area contributed by atoms with Crippen molar-refractivity contribution in [1.82, 2.24) is 10.6 Å². The first kappa shape index (κ1) is 14.7. The van der Waals surface area contributed by atoms with E-state index in [2.05, 4.69) is 10.6 Å². The van der Waals surface area contributed by atoms with Gasteiger partial charge in [-0.3, -0.25) is 4.79 Å². The van der Waals surface area contributed by atoms with E-state index in [1.165, 1.54) is 0 Å². The summed E-state index contributed by atoms with van der Waals surface area (Å²) in [7, 11) is 0. The van der Waals surface area contributed by atoms with Crippen molar-refractivity contribution in [3.8, 4) is 5.75 Å². The van der Waals surface area contributed by atoms with Crippen LogP contribution in [0.25, 0.3) is 0 Å². The van der Waals surface area contributed by atoms with Crippen molar-refractivity contribution in [3.63, 3.8) is 0 Å². The maximum atomic E-state index is 11.6. The molecule has 1 aromatic rings. The standard InChI is InChI=1S/C14H18N2O3S/c17-13(10-19-11-5-2-1-3-6-11)16-14(20)15-9-12-7-4-8-18-12/h1-3,5-6,12H,4,7-10H2,(H2,15,16,17,20). The van der Waals surface area contributed by atoms with Crippen molar-refractivity contribution in [2.75, 3.05) is 19.8 Å². The summed E-state index contributed by atoms with van der Waals surface area (Å²) in [6.45, 7) is 1.36. The molecule has 0 aromatic heterocycles. The summed E-state index contributed by atoms with van der Waals surface area (Å²) in [5.74, 6) is 0.375. The summed E-state index contributed by atoms with van der Waals surface area (Å²) < 4.78 is 10.8. The van der Waals surface area contributed by atoms with Crippen molar-refractivity contribution in [2.45, 2.75) is 18.9 Å². The molecule has 1 aliphatic rings. The summed E-state index contributed by atoms with van der Waals surface area (Å²) in [6, 6.07) is 9.17. The van der Waals surface area contributed by atoms with Crippen molar-refractivity contribution in [1.29, 1.82) is 0 Å². The van der Waals surface area contributed by atoms with Crippen LogP contribution < -0.4 is 15.4 Å². The van der Waals surface area contributed by atoms with Gasteiger partial charge in [0.15, 0.2) is 11.7 Å². The van der Waals surface area contributed by atoms with Crippen LogP contribution in [0.2, 0.25) is 0 Å². The van der Waals surface area contributed by atoms with Crippen molar-refractivity contribution in [2.24, 2.45) is 0 Å². The Morgan fingerprint density at radius 2 is 2.20 bits per heavy atom. The molecule has 1 amide bonds. The van der Waals surface area contributed by atoms with Gasteiger partial charge in [0.25, 0.3) is 5.91 Å². The average molecular weight is 294 g/mol. The molecule has 0 radical (unpaired) electrons. The zero-order valence-electron chi connectivity index (χ0n) is 11.1. The maximum Gasteiger partial charge on any atom is 0.264 e. The number of hydrogen-bond acceptors (Lipinski definition) is 4. The molecule has 1 atom stereocenters. The summed E-state index contributed by atoms with van der Waals surface area (Å²) in [6.07, 6.45) is 2.29. The largest absolute Gasteiger partial charge is 0.484 e. The second-order valence-electron chi connectivity index (χ2n) is 4.49. The molecule has 1 heterocycles. The van der Waals surface area contributed by atoms with Crippen LogP contribution in [0.3, 0.4) is 0 Å². The fourth-order valence-corrected chi connectivity index (χ4v) is 2.08. The zero-order chi connectivity index (χ0) is 14.2. The molecule has 108 valence electrons. The molecule has 0 saturated carbocycles. The first-order valence-corrected chi connectivity index (χ1v) is 7.02. The van der Waals surface area contributed by atoms with E-state index in [-0.39, 0.29) is 18.6 Å². The van der Waals surface area contributed by atoms with Gasteiger partial charge in [-0.15, -0.1) is 0 Å². The highest BCUT2D eigenvalue weighted by Crippen LogP contribution is 2.10. The Hall–Kier alpha value is -1.66. The van der Waals surface area contributed by atoms with Crippen LogP contribution in [-0.4, -0.2) is 36.9 Å². The van der Waals surface area contributed by atoms with Gasteiger partial charge in [-0.1, -0.05) is 18.2 Å². The SMILES string of the molecule is O=C(COc1ccccc1)NC(=S)NCC1CCCO1. The van der Waals surface area contributed by atoms with Crippen molar-refractivity contribution in [3.05, 3.63) is 30.3 Å². The first-order valence-electron chi connectivity index (χ1n) is 6.61. The molecule has 1 aliphatic heterocycles. The number of thiocarbonyl (C=S) groups is 1. The number of benzene rings is 1. The molecule has 6 heteroatoms. The summed E-state index contributed by atoms with van der Waals surface area (Å²) in [4.78, 5) is 11.6. The Bertz CT molecular complexity index is 447. The molecule has 0 aliphatic carbocycles. The molecule has 2 rings (SSSR count). The fraction of sp³-hybridized carbons (Fsp3) is 0.429. The van der Waals surface area contributed by atoms with Gasteiger partial charge in [0, 0.05) is 13.2 Å². The van der Waals surface area contributed by atoms with Gasteiger partial charge in [0.05, 0.1) is 6.10 Å². The number of ether oxygens (including phenoxy) is 2. The van der Waals surface area contributed by atoms with E-state index in [4.69, 9.17) is 21.7 Å². The number of carbonyl (C=O) groups is 1. The molecular formula is C14H18N2O3S. The highest BCUT2D eigenvalue weighted by molar-refractivity contribution is 7.80. The summed E-state index contributed by atoms with van der Waals surface area (Å²) in [5.41, 5.74) is 0. The smallest absolute Gasteiger partial charge is 0.264 e. The van der Waals surface area contributed by atoms with Crippen LogP contribution in [0.5, 0.6) is 5.75 Å². The Labute approximate surface area is 123 Å². The lowest BCUT2D eigenvalue weighted by atomic mass is 10.2. The molecule has 1 fully saturated rings. The van der Waals surface area contributed by atoms with E-state index in [1.807, 2.05) is 18.2 Å². The molecule has 1 unspecified atom stereocenters. The highest BCUT2D eigenvalue weighted by atomic mass is 32.1. The van der Waals surface area contributed by atoms with Gasteiger partial charge >= 0.3 is 0 Å². The van der Waals surface area contributed by atoms with Crippen LogP contribution in [0, 0.1) is 0 Å². The van der Waals surface area contributed by atoms with Crippen molar-refractivity contribution >= 4 is 23.2 Å². The third-order valence-electron chi connectivity index (χ3n) is 2.88. The van der Waals surface area contributed by atoms with Crippen LogP contribution >= 0.6 is 12.2 Å². The lowest BCUT2D eigenvalue weighted by molar-refractivity contribution is -0.121. The molecule has 1 aromatic carbocycles. The second-order valence-corrected chi connectivity index (χ2v) is 4.90. The highest BCUT2D eigenvalue weighted by Gasteiger charge is 2.15. The molecule has 20 heavy (non-hydrogen) atoms. The second kappa shape index (κ2) is 7.81. The predicted octanol–water partition coefficient (Wildman–Crippen LogP) is 1.24. The average Bonchev–Trinajstić information content (AvgIpc) is 2.97. The van der Waals surface area contributed by atoms with E-state index in [0.29, 0.717) is 17.4 Å². The van der Waals surface area contributed by atoms with E-state index < -0.39 is 0 Å². The Morgan fingerprint density at radius 3 is 2.90 bits per heavy atom. The summed E-state index contributed by atoms with van der Waals surface area (Å²) in [5, 5.41) is 5.86. The number of amides is 1.